The van der Waals surface area contributed by atoms with E-state index >= 15 is 0 Å². The van der Waals surface area contributed by atoms with Gasteiger partial charge in [0.05, 0.1) is 17.0 Å². The summed E-state index contributed by atoms with van der Waals surface area (Å²) < 4.78 is 5.33. The molecule has 5 nitrogen and oxygen atoms in total. The van der Waals surface area contributed by atoms with Crippen LogP contribution in [0.5, 0.6) is 0 Å². The van der Waals surface area contributed by atoms with Crippen LogP contribution in [0.15, 0.2) is 22.6 Å². The van der Waals surface area contributed by atoms with E-state index in [9.17, 15) is 4.79 Å². The van der Waals surface area contributed by atoms with Gasteiger partial charge in [0.25, 0.3) is 0 Å². The van der Waals surface area contributed by atoms with Crippen LogP contribution < -0.4 is 0 Å². The standard InChI is InChI=1S/C11H8Cl2N2O3/c12-6-1-2-7(8(13)5-6)11-15-14-9(18-11)3-4-10(16)17/h1-2,5H,3-4H2,(H,16,17). The molecule has 0 aliphatic rings. The van der Waals surface area contributed by atoms with Gasteiger partial charge in [0.1, 0.15) is 0 Å². The van der Waals surface area contributed by atoms with Crippen LogP contribution in [-0.2, 0) is 11.2 Å². The van der Waals surface area contributed by atoms with Crippen molar-refractivity contribution in [2.75, 3.05) is 0 Å². The zero-order valence-electron chi connectivity index (χ0n) is 9.06. The molecule has 0 unspecified atom stereocenters. The van der Waals surface area contributed by atoms with Crippen LogP contribution in [0.2, 0.25) is 10.0 Å². The predicted molar refractivity (Wildman–Crippen MR) is 65.7 cm³/mol. The van der Waals surface area contributed by atoms with Gasteiger partial charge in [0.2, 0.25) is 11.8 Å². The Labute approximate surface area is 112 Å². The normalized spacial score (nSPS) is 10.6. The van der Waals surface area contributed by atoms with Crippen molar-refractivity contribution in [3.05, 3.63) is 34.1 Å². The summed E-state index contributed by atoms with van der Waals surface area (Å²) in [5.41, 5.74) is 0.565. The summed E-state index contributed by atoms with van der Waals surface area (Å²) in [7, 11) is 0. The van der Waals surface area contributed by atoms with E-state index in [0.717, 1.165) is 0 Å². The van der Waals surface area contributed by atoms with Crippen molar-refractivity contribution in [3.8, 4) is 11.5 Å². The highest BCUT2D eigenvalue weighted by molar-refractivity contribution is 6.36. The highest BCUT2D eigenvalue weighted by atomic mass is 35.5. The third kappa shape index (κ3) is 3.00. The molecule has 0 saturated heterocycles. The van der Waals surface area contributed by atoms with E-state index in [4.69, 9.17) is 32.7 Å². The molecule has 0 saturated carbocycles. The monoisotopic (exact) mass is 286 g/mol. The first kappa shape index (κ1) is 12.9. The van der Waals surface area contributed by atoms with Gasteiger partial charge in [0, 0.05) is 11.4 Å². The van der Waals surface area contributed by atoms with Crippen LogP contribution in [0.25, 0.3) is 11.5 Å². The number of rotatable bonds is 4. The van der Waals surface area contributed by atoms with Crippen LogP contribution in [0, 0.1) is 0 Å². The number of aryl methyl sites for hydroxylation is 1. The second kappa shape index (κ2) is 5.37. The second-order valence-electron chi connectivity index (χ2n) is 3.52. The molecule has 0 amide bonds. The molecule has 0 bridgehead atoms. The number of halogens is 2. The Balaban J connectivity index is 2.21. The van der Waals surface area contributed by atoms with Crippen LogP contribution in [-0.4, -0.2) is 21.3 Å². The first-order chi connectivity index (χ1) is 8.56. The molecule has 1 aromatic carbocycles. The van der Waals surface area contributed by atoms with Gasteiger partial charge < -0.3 is 9.52 Å². The summed E-state index contributed by atoms with van der Waals surface area (Å²) in [5.74, 6) is -0.408. The van der Waals surface area contributed by atoms with Crippen molar-refractivity contribution in [1.29, 1.82) is 0 Å². The van der Waals surface area contributed by atoms with Gasteiger partial charge in [-0.1, -0.05) is 23.2 Å². The van der Waals surface area contributed by atoms with Crippen molar-refractivity contribution in [1.82, 2.24) is 10.2 Å². The number of carboxylic acids is 1. The summed E-state index contributed by atoms with van der Waals surface area (Å²) in [5, 5.41) is 17.0. The summed E-state index contributed by atoms with van der Waals surface area (Å²) in [6.45, 7) is 0. The minimum Gasteiger partial charge on any atom is -0.481 e. The smallest absolute Gasteiger partial charge is 0.303 e. The molecule has 94 valence electrons. The van der Waals surface area contributed by atoms with Gasteiger partial charge >= 0.3 is 5.97 Å². The maximum atomic E-state index is 10.4. The second-order valence-corrected chi connectivity index (χ2v) is 4.36. The van der Waals surface area contributed by atoms with Crippen LogP contribution in [0.1, 0.15) is 12.3 Å². The molecular weight excluding hydrogens is 279 g/mol. The SMILES string of the molecule is O=C(O)CCc1nnc(-c2ccc(Cl)cc2Cl)o1. The van der Waals surface area contributed by atoms with E-state index in [1.807, 2.05) is 0 Å². The van der Waals surface area contributed by atoms with Gasteiger partial charge in [-0.15, -0.1) is 10.2 Å². The third-order valence-corrected chi connectivity index (χ3v) is 2.73. The van der Waals surface area contributed by atoms with Gasteiger partial charge in [-0.3, -0.25) is 4.79 Å². The topological polar surface area (TPSA) is 76.2 Å². The third-order valence-electron chi connectivity index (χ3n) is 2.18. The Morgan fingerprint density at radius 3 is 2.78 bits per heavy atom. The molecule has 2 aromatic rings. The number of hydrogen-bond acceptors (Lipinski definition) is 4. The molecule has 0 spiro atoms. The highest BCUT2D eigenvalue weighted by Gasteiger charge is 2.13. The molecule has 18 heavy (non-hydrogen) atoms. The Morgan fingerprint density at radius 2 is 2.11 bits per heavy atom. The van der Waals surface area contributed by atoms with E-state index in [1.165, 1.54) is 0 Å². The molecule has 0 atom stereocenters. The number of carboxylic acid groups (broad SMARTS) is 1. The molecule has 0 aliphatic carbocycles. The van der Waals surface area contributed by atoms with Gasteiger partial charge in [-0.25, -0.2) is 0 Å². The lowest BCUT2D eigenvalue weighted by Gasteiger charge is -1.98. The molecule has 0 fully saturated rings. The lowest BCUT2D eigenvalue weighted by Crippen LogP contribution is -1.97. The number of nitrogens with zero attached hydrogens (tertiary/aromatic N) is 2. The minimum absolute atomic E-state index is 0.0595. The number of benzene rings is 1. The van der Waals surface area contributed by atoms with Crippen molar-refractivity contribution < 1.29 is 14.3 Å². The summed E-state index contributed by atoms with van der Waals surface area (Å²) in [6, 6.07) is 4.89. The first-order valence-corrected chi connectivity index (χ1v) is 5.81. The first-order valence-electron chi connectivity index (χ1n) is 5.06. The predicted octanol–water partition coefficient (Wildman–Crippen LogP) is 3.06. The quantitative estimate of drug-likeness (QED) is 0.935. The Hall–Kier alpha value is -1.59. The fraction of sp³-hybridized carbons (Fsp3) is 0.182. The fourth-order valence-electron chi connectivity index (χ4n) is 1.34. The lowest BCUT2D eigenvalue weighted by molar-refractivity contribution is -0.137. The zero-order valence-corrected chi connectivity index (χ0v) is 10.6. The molecule has 1 heterocycles. The average molecular weight is 287 g/mol. The van der Waals surface area contributed by atoms with E-state index in [1.54, 1.807) is 18.2 Å². The molecular formula is C11H8Cl2N2O3. The summed E-state index contributed by atoms with van der Waals surface area (Å²) in [4.78, 5) is 10.4. The van der Waals surface area contributed by atoms with E-state index in [-0.39, 0.29) is 24.6 Å². The van der Waals surface area contributed by atoms with Crippen LogP contribution in [0.4, 0.5) is 0 Å². The molecule has 1 N–H and O–H groups in total. The van der Waals surface area contributed by atoms with Crippen molar-refractivity contribution >= 4 is 29.2 Å². The number of hydrogen-bond donors (Lipinski definition) is 1. The van der Waals surface area contributed by atoms with Crippen molar-refractivity contribution in [2.45, 2.75) is 12.8 Å². The van der Waals surface area contributed by atoms with Crippen LogP contribution >= 0.6 is 23.2 Å². The molecule has 1 aromatic heterocycles. The highest BCUT2D eigenvalue weighted by Crippen LogP contribution is 2.29. The Morgan fingerprint density at radius 1 is 1.33 bits per heavy atom. The summed E-state index contributed by atoms with van der Waals surface area (Å²) >= 11 is 11.8. The van der Waals surface area contributed by atoms with Crippen LogP contribution in [0.3, 0.4) is 0 Å². The van der Waals surface area contributed by atoms with Gasteiger partial charge in [-0.2, -0.15) is 0 Å². The molecule has 7 heteroatoms. The molecule has 2 rings (SSSR count). The minimum atomic E-state index is -0.917. The maximum Gasteiger partial charge on any atom is 0.303 e. The number of aliphatic carboxylic acids is 1. The zero-order chi connectivity index (χ0) is 13.1. The molecule has 0 radical (unpaired) electrons. The average Bonchev–Trinajstić information content (AvgIpc) is 2.75. The largest absolute Gasteiger partial charge is 0.481 e. The summed E-state index contributed by atoms with van der Waals surface area (Å²) in [6.07, 6.45) is 0.128. The van der Waals surface area contributed by atoms with Crippen molar-refractivity contribution in [3.63, 3.8) is 0 Å². The number of aromatic nitrogens is 2. The Bertz CT molecular complexity index is 583. The fourth-order valence-corrected chi connectivity index (χ4v) is 1.83. The maximum absolute atomic E-state index is 10.4. The van der Waals surface area contributed by atoms with E-state index in [0.29, 0.717) is 15.6 Å². The van der Waals surface area contributed by atoms with Crippen molar-refractivity contribution in [2.24, 2.45) is 0 Å². The van der Waals surface area contributed by atoms with E-state index in [2.05, 4.69) is 10.2 Å². The van der Waals surface area contributed by atoms with Gasteiger partial charge in [0.15, 0.2) is 0 Å². The van der Waals surface area contributed by atoms with Gasteiger partial charge in [-0.05, 0) is 18.2 Å². The molecule has 0 aliphatic heterocycles. The van der Waals surface area contributed by atoms with E-state index < -0.39 is 5.97 Å². The lowest BCUT2D eigenvalue weighted by atomic mass is 10.2. The number of carbonyl (C=O) groups is 1. The Kier molecular flexibility index (Phi) is 3.84.